The van der Waals surface area contributed by atoms with Crippen molar-refractivity contribution in [1.82, 2.24) is 4.90 Å². The number of carbonyl (C=O) groups is 4. The molecule has 0 aromatic heterocycles. The number of rotatable bonds is 11. The highest BCUT2D eigenvalue weighted by atomic mass is 16.6. The van der Waals surface area contributed by atoms with Crippen molar-refractivity contribution in [2.75, 3.05) is 6.54 Å². The number of ketones is 1. The van der Waals surface area contributed by atoms with Crippen LogP contribution in [0.2, 0.25) is 0 Å². The second kappa shape index (κ2) is 13.8. The lowest BCUT2D eigenvalue weighted by atomic mass is 9.73. The highest BCUT2D eigenvalue weighted by Crippen LogP contribution is 2.43. The lowest BCUT2D eigenvalue weighted by molar-refractivity contribution is -0.160. The number of hydrogen-bond donors (Lipinski definition) is 0. The molecule has 1 heterocycles. The minimum Gasteiger partial charge on any atom is -0.460 e. The fourth-order valence-corrected chi connectivity index (χ4v) is 6.69. The number of fused-ring (bicyclic) bond motifs is 1. The molecule has 1 fully saturated rings. The Labute approximate surface area is 265 Å². The molecule has 2 atom stereocenters. The lowest BCUT2D eigenvalue weighted by Crippen LogP contribution is -2.46. The van der Waals surface area contributed by atoms with Gasteiger partial charge < -0.3 is 14.4 Å². The molecule has 2 aliphatic rings. The molecule has 0 spiro atoms. The highest BCUT2D eigenvalue weighted by molar-refractivity contribution is 5.95. The number of carbonyl (C=O) groups excluding carboxylic acids is 4. The van der Waals surface area contributed by atoms with Crippen molar-refractivity contribution in [1.29, 1.82) is 0 Å². The minimum atomic E-state index is -1.000. The summed E-state index contributed by atoms with van der Waals surface area (Å²) in [7, 11) is 0. The van der Waals surface area contributed by atoms with Crippen LogP contribution in [0.1, 0.15) is 68.7 Å². The normalized spacial score (nSPS) is 17.8. The average molecular weight is 610 g/mol. The SMILES string of the molecule is CC(C)(C)OC(=O)CC1(C(=O)C[C@@H](Cc2ccccc2)C(=O)N2CCC[C@H]2C(=O)OCc2ccccc2)Cc2ccccc2C1. The van der Waals surface area contributed by atoms with Gasteiger partial charge in [-0.2, -0.15) is 0 Å². The van der Waals surface area contributed by atoms with E-state index in [1.807, 2.05) is 106 Å². The van der Waals surface area contributed by atoms with Gasteiger partial charge in [-0.3, -0.25) is 14.4 Å². The third-order valence-electron chi connectivity index (χ3n) is 8.81. The highest BCUT2D eigenvalue weighted by Gasteiger charge is 2.47. The molecule has 1 amide bonds. The van der Waals surface area contributed by atoms with Gasteiger partial charge >= 0.3 is 11.9 Å². The molecule has 3 aromatic rings. The molecule has 7 nitrogen and oxygen atoms in total. The first-order valence-corrected chi connectivity index (χ1v) is 15.9. The van der Waals surface area contributed by atoms with Crippen molar-refractivity contribution in [2.24, 2.45) is 11.3 Å². The van der Waals surface area contributed by atoms with Crippen LogP contribution < -0.4 is 0 Å². The van der Waals surface area contributed by atoms with Gasteiger partial charge in [-0.05, 0) is 75.1 Å². The van der Waals surface area contributed by atoms with Gasteiger partial charge in [0, 0.05) is 24.3 Å². The van der Waals surface area contributed by atoms with Crippen LogP contribution in [0.5, 0.6) is 0 Å². The van der Waals surface area contributed by atoms with E-state index in [-0.39, 0.29) is 31.1 Å². The Morgan fingerprint density at radius 1 is 0.844 bits per heavy atom. The van der Waals surface area contributed by atoms with Gasteiger partial charge in [-0.1, -0.05) is 84.9 Å². The maximum Gasteiger partial charge on any atom is 0.329 e. The van der Waals surface area contributed by atoms with Gasteiger partial charge in [-0.25, -0.2) is 4.79 Å². The van der Waals surface area contributed by atoms with Gasteiger partial charge in [0.2, 0.25) is 5.91 Å². The number of Topliss-reactive ketones (excluding diaryl/α,β-unsaturated/α-hetero) is 1. The van der Waals surface area contributed by atoms with E-state index in [4.69, 9.17) is 9.47 Å². The van der Waals surface area contributed by atoms with Crippen LogP contribution in [0.3, 0.4) is 0 Å². The van der Waals surface area contributed by atoms with Crippen LogP contribution in [0.4, 0.5) is 0 Å². The van der Waals surface area contributed by atoms with E-state index in [2.05, 4.69) is 0 Å². The number of nitrogens with zero attached hydrogens (tertiary/aromatic N) is 1. The second-order valence-electron chi connectivity index (χ2n) is 13.5. The van der Waals surface area contributed by atoms with E-state index in [0.717, 1.165) is 22.3 Å². The summed E-state index contributed by atoms with van der Waals surface area (Å²) in [5.41, 5.74) is 2.21. The van der Waals surface area contributed by atoms with Crippen LogP contribution >= 0.6 is 0 Å². The maximum atomic E-state index is 14.5. The van der Waals surface area contributed by atoms with Gasteiger partial charge in [-0.15, -0.1) is 0 Å². The van der Waals surface area contributed by atoms with E-state index < -0.39 is 34.9 Å². The molecule has 3 aromatic carbocycles. The summed E-state index contributed by atoms with van der Waals surface area (Å²) in [4.78, 5) is 56.8. The molecule has 0 saturated carbocycles. The number of esters is 2. The molecule has 0 radical (unpaired) electrons. The van der Waals surface area contributed by atoms with Crippen LogP contribution in [0.25, 0.3) is 0 Å². The first-order chi connectivity index (χ1) is 21.5. The summed E-state index contributed by atoms with van der Waals surface area (Å²) in [6.45, 7) is 6.01. The quantitative estimate of drug-likeness (QED) is 0.246. The first-order valence-electron chi connectivity index (χ1n) is 15.9. The zero-order valence-corrected chi connectivity index (χ0v) is 26.5. The van der Waals surface area contributed by atoms with Gasteiger partial charge in [0.05, 0.1) is 6.42 Å². The van der Waals surface area contributed by atoms with Crippen molar-refractivity contribution in [2.45, 2.75) is 84.0 Å². The molecule has 7 heteroatoms. The summed E-state index contributed by atoms with van der Waals surface area (Å²) in [5.74, 6) is -1.89. The molecular weight excluding hydrogens is 566 g/mol. The monoisotopic (exact) mass is 609 g/mol. The smallest absolute Gasteiger partial charge is 0.329 e. The van der Waals surface area contributed by atoms with Crippen LogP contribution in [-0.4, -0.2) is 46.7 Å². The summed E-state index contributed by atoms with van der Waals surface area (Å²) in [5, 5.41) is 0. The second-order valence-corrected chi connectivity index (χ2v) is 13.5. The number of ether oxygens (including phenoxy) is 2. The van der Waals surface area contributed by atoms with Crippen molar-refractivity contribution in [3.05, 3.63) is 107 Å². The fraction of sp³-hybridized carbons (Fsp3) is 0.421. The molecule has 236 valence electrons. The molecule has 5 rings (SSSR count). The number of benzene rings is 3. The molecule has 0 N–H and O–H groups in total. The summed E-state index contributed by atoms with van der Waals surface area (Å²) < 4.78 is 11.3. The molecule has 1 saturated heterocycles. The number of amides is 1. The Bertz CT molecular complexity index is 1480. The zero-order chi connectivity index (χ0) is 32.0. The Morgan fingerprint density at radius 2 is 1.42 bits per heavy atom. The molecule has 0 bridgehead atoms. The fourth-order valence-electron chi connectivity index (χ4n) is 6.69. The zero-order valence-electron chi connectivity index (χ0n) is 26.5. The van der Waals surface area contributed by atoms with Crippen LogP contribution in [0, 0.1) is 11.3 Å². The van der Waals surface area contributed by atoms with Crippen molar-refractivity contribution < 1.29 is 28.7 Å². The molecule has 1 aliphatic carbocycles. The minimum absolute atomic E-state index is 0.0349. The summed E-state index contributed by atoms with van der Waals surface area (Å²) in [6.07, 6.45) is 2.30. The van der Waals surface area contributed by atoms with Gasteiger partial charge in [0.25, 0.3) is 0 Å². The molecular formula is C38H43NO6. The predicted octanol–water partition coefficient (Wildman–Crippen LogP) is 6.06. The van der Waals surface area contributed by atoms with Crippen LogP contribution in [0.15, 0.2) is 84.9 Å². The Morgan fingerprint density at radius 3 is 2.02 bits per heavy atom. The standard InChI is InChI=1S/C38H43NO6/c1-37(2,3)45-34(41)25-38(23-29-17-10-11-18-30(29)24-38)33(40)22-31(21-27-13-6-4-7-14-27)35(42)39-20-12-19-32(39)36(43)44-26-28-15-8-5-9-16-28/h4-11,13-18,31-32H,12,19-26H2,1-3H3/t31-,32+/m1/s1. The molecule has 0 unspecified atom stereocenters. The maximum absolute atomic E-state index is 14.5. The Hall–Kier alpha value is -4.26. The summed E-state index contributed by atoms with van der Waals surface area (Å²) >= 11 is 0. The third-order valence-corrected chi connectivity index (χ3v) is 8.81. The van der Waals surface area contributed by atoms with Gasteiger partial charge in [0.15, 0.2) is 0 Å². The predicted molar refractivity (Wildman–Crippen MR) is 171 cm³/mol. The van der Waals surface area contributed by atoms with E-state index in [9.17, 15) is 19.2 Å². The molecule has 45 heavy (non-hydrogen) atoms. The van der Waals surface area contributed by atoms with Crippen molar-refractivity contribution in [3.63, 3.8) is 0 Å². The van der Waals surface area contributed by atoms with E-state index in [1.165, 1.54) is 0 Å². The molecule has 1 aliphatic heterocycles. The summed E-state index contributed by atoms with van der Waals surface area (Å²) in [6, 6.07) is 26.3. The van der Waals surface area contributed by atoms with E-state index >= 15 is 0 Å². The van der Waals surface area contributed by atoms with Crippen molar-refractivity contribution >= 4 is 23.6 Å². The third kappa shape index (κ3) is 8.07. The lowest BCUT2D eigenvalue weighted by Gasteiger charge is -2.32. The Kier molecular flexibility index (Phi) is 9.86. The van der Waals surface area contributed by atoms with E-state index in [1.54, 1.807) is 4.90 Å². The Balaban J connectivity index is 1.38. The first kappa shape index (κ1) is 32.1. The average Bonchev–Trinajstić information content (AvgIpc) is 3.65. The largest absolute Gasteiger partial charge is 0.460 e. The van der Waals surface area contributed by atoms with E-state index in [0.29, 0.717) is 38.6 Å². The van der Waals surface area contributed by atoms with Crippen molar-refractivity contribution in [3.8, 4) is 0 Å². The number of hydrogen-bond acceptors (Lipinski definition) is 6. The van der Waals surface area contributed by atoms with Crippen LogP contribution in [-0.2, 0) is 54.5 Å². The topological polar surface area (TPSA) is 90.0 Å². The number of likely N-dealkylation sites (tertiary alicyclic amines) is 1. The van der Waals surface area contributed by atoms with Gasteiger partial charge in [0.1, 0.15) is 24.0 Å².